The average Bonchev–Trinajstić information content (AvgIpc) is 2.68. The fourth-order valence-corrected chi connectivity index (χ4v) is 3.15. The first kappa shape index (κ1) is 22.0. The molecule has 0 aromatic heterocycles. The molecule has 2 rings (SSSR count). The summed E-state index contributed by atoms with van der Waals surface area (Å²) >= 11 is 11.9. The summed E-state index contributed by atoms with van der Waals surface area (Å²) in [4.78, 5) is 26.5. The molecule has 0 saturated heterocycles. The van der Waals surface area contributed by atoms with Gasteiger partial charge in [-0.1, -0.05) is 42.3 Å². The van der Waals surface area contributed by atoms with E-state index in [9.17, 15) is 14.0 Å². The molecule has 0 heterocycles. The van der Waals surface area contributed by atoms with Crippen molar-refractivity contribution in [3.63, 3.8) is 0 Å². The minimum absolute atomic E-state index is 0.142. The number of halogens is 3. The number of benzene rings is 2. The molecule has 0 spiro atoms. The van der Waals surface area contributed by atoms with Crippen LogP contribution in [0.1, 0.15) is 18.9 Å². The quantitative estimate of drug-likeness (QED) is 0.691. The Kier molecular flexibility index (Phi) is 8.08. The summed E-state index contributed by atoms with van der Waals surface area (Å²) in [5.74, 6) is -0.747. The van der Waals surface area contributed by atoms with Gasteiger partial charge in [-0.05, 0) is 42.3 Å². The molecule has 2 aromatic carbocycles. The van der Waals surface area contributed by atoms with Crippen molar-refractivity contribution in [3.05, 3.63) is 63.9 Å². The zero-order valence-corrected chi connectivity index (χ0v) is 17.1. The summed E-state index contributed by atoms with van der Waals surface area (Å²) in [6.07, 6.45) is 0.411. The number of hydrogen-bond donors (Lipinski definition) is 1. The summed E-state index contributed by atoms with van der Waals surface area (Å²) in [6.45, 7) is 1.64. The van der Waals surface area contributed by atoms with Gasteiger partial charge in [-0.25, -0.2) is 4.39 Å². The van der Waals surface area contributed by atoms with Crippen LogP contribution in [0.2, 0.25) is 10.0 Å². The van der Waals surface area contributed by atoms with Crippen LogP contribution >= 0.6 is 23.2 Å². The van der Waals surface area contributed by atoms with Crippen molar-refractivity contribution in [1.82, 2.24) is 10.2 Å². The van der Waals surface area contributed by atoms with Crippen molar-refractivity contribution in [2.75, 3.05) is 13.7 Å². The van der Waals surface area contributed by atoms with Gasteiger partial charge in [0.05, 0.1) is 5.02 Å². The molecule has 1 N–H and O–H groups in total. The Labute approximate surface area is 173 Å². The number of nitrogens with one attached hydrogen (secondary N) is 1. The maximum atomic E-state index is 13.2. The van der Waals surface area contributed by atoms with Gasteiger partial charge < -0.3 is 15.0 Å². The standard InChI is InChI=1S/C20H21Cl2FN2O3/c1-3-17(20(27)24-2)25(11-13-4-7-15(23)8-5-13)19(26)12-28-18-9-6-14(21)10-16(18)22/h4-10,17H,3,11-12H2,1-2H3,(H,24,27)/t17-/m1/s1. The van der Waals surface area contributed by atoms with Crippen LogP contribution in [0.5, 0.6) is 5.75 Å². The molecule has 2 aromatic rings. The van der Waals surface area contributed by atoms with Gasteiger partial charge in [-0.3, -0.25) is 9.59 Å². The maximum absolute atomic E-state index is 13.2. The molecule has 5 nitrogen and oxygen atoms in total. The summed E-state index contributed by atoms with van der Waals surface area (Å²) in [7, 11) is 1.51. The van der Waals surface area contributed by atoms with Gasteiger partial charge in [0, 0.05) is 18.6 Å². The molecule has 0 aliphatic heterocycles. The van der Waals surface area contributed by atoms with Crippen LogP contribution in [-0.4, -0.2) is 36.4 Å². The molecule has 2 amide bonds. The lowest BCUT2D eigenvalue weighted by Gasteiger charge is -2.30. The average molecular weight is 427 g/mol. The van der Waals surface area contributed by atoms with Crippen LogP contribution < -0.4 is 10.1 Å². The van der Waals surface area contributed by atoms with Gasteiger partial charge in [-0.15, -0.1) is 0 Å². The van der Waals surface area contributed by atoms with Gasteiger partial charge in [0.25, 0.3) is 5.91 Å². The van der Waals surface area contributed by atoms with E-state index >= 15 is 0 Å². The van der Waals surface area contributed by atoms with Crippen molar-refractivity contribution < 1.29 is 18.7 Å². The molecular formula is C20H21Cl2FN2O3. The SMILES string of the molecule is CC[C@H](C(=O)NC)N(Cc1ccc(F)cc1)C(=O)COc1ccc(Cl)cc1Cl. The highest BCUT2D eigenvalue weighted by Crippen LogP contribution is 2.27. The lowest BCUT2D eigenvalue weighted by atomic mass is 10.1. The van der Waals surface area contributed by atoms with E-state index in [0.29, 0.717) is 22.8 Å². The van der Waals surface area contributed by atoms with Crippen LogP contribution in [-0.2, 0) is 16.1 Å². The molecule has 8 heteroatoms. The van der Waals surface area contributed by atoms with Crippen LogP contribution in [0, 0.1) is 5.82 Å². The second kappa shape index (κ2) is 10.3. The molecule has 150 valence electrons. The monoisotopic (exact) mass is 426 g/mol. The van der Waals surface area contributed by atoms with Crippen LogP contribution in [0.4, 0.5) is 4.39 Å². The van der Waals surface area contributed by atoms with Gasteiger partial charge in [-0.2, -0.15) is 0 Å². The number of likely N-dealkylation sites (N-methyl/N-ethyl adjacent to an activating group) is 1. The molecule has 0 aliphatic rings. The second-order valence-electron chi connectivity index (χ2n) is 6.05. The Morgan fingerprint density at radius 3 is 2.43 bits per heavy atom. The Bertz CT molecular complexity index is 831. The van der Waals surface area contributed by atoms with E-state index in [0.717, 1.165) is 0 Å². The van der Waals surface area contributed by atoms with Gasteiger partial charge >= 0.3 is 0 Å². The van der Waals surface area contributed by atoms with Crippen LogP contribution in [0.15, 0.2) is 42.5 Å². The Morgan fingerprint density at radius 1 is 1.18 bits per heavy atom. The number of amides is 2. The molecule has 28 heavy (non-hydrogen) atoms. The lowest BCUT2D eigenvalue weighted by molar-refractivity contribution is -0.142. The third kappa shape index (κ3) is 5.84. The van der Waals surface area contributed by atoms with Crippen molar-refractivity contribution in [2.45, 2.75) is 25.9 Å². The van der Waals surface area contributed by atoms with E-state index in [1.165, 1.54) is 30.1 Å². The molecule has 0 radical (unpaired) electrons. The molecule has 0 unspecified atom stereocenters. The number of carbonyl (C=O) groups excluding carboxylic acids is 2. The molecule has 1 atom stereocenters. The normalized spacial score (nSPS) is 11.6. The largest absolute Gasteiger partial charge is 0.482 e. The summed E-state index contributed by atoms with van der Waals surface area (Å²) in [5, 5.41) is 3.30. The van der Waals surface area contributed by atoms with Crippen molar-refractivity contribution in [2.24, 2.45) is 0 Å². The highest BCUT2D eigenvalue weighted by atomic mass is 35.5. The zero-order chi connectivity index (χ0) is 20.7. The number of ether oxygens (including phenoxy) is 1. The molecule has 0 aliphatic carbocycles. The first-order chi connectivity index (χ1) is 13.3. The van der Waals surface area contributed by atoms with E-state index in [2.05, 4.69) is 5.32 Å². The molecule has 0 bridgehead atoms. The van der Waals surface area contributed by atoms with Crippen LogP contribution in [0.25, 0.3) is 0 Å². The molecule has 0 saturated carbocycles. The summed E-state index contributed by atoms with van der Waals surface area (Å²) in [6, 6.07) is 9.75. The minimum Gasteiger partial charge on any atom is -0.482 e. The first-order valence-corrected chi connectivity index (χ1v) is 9.44. The van der Waals surface area contributed by atoms with Crippen LogP contribution in [0.3, 0.4) is 0 Å². The zero-order valence-electron chi connectivity index (χ0n) is 15.5. The highest BCUT2D eigenvalue weighted by Gasteiger charge is 2.28. The van der Waals surface area contributed by atoms with E-state index < -0.39 is 11.9 Å². The Balaban J connectivity index is 2.19. The van der Waals surface area contributed by atoms with E-state index in [1.807, 2.05) is 6.92 Å². The van der Waals surface area contributed by atoms with Gasteiger partial charge in [0.1, 0.15) is 17.6 Å². The van der Waals surface area contributed by atoms with Crippen molar-refractivity contribution in [1.29, 1.82) is 0 Å². The fourth-order valence-electron chi connectivity index (χ4n) is 2.69. The smallest absolute Gasteiger partial charge is 0.261 e. The highest BCUT2D eigenvalue weighted by molar-refractivity contribution is 6.35. The van der Waals surface area contributed by atoms with E-state index in [1.54, 1.807) is 24.3 Å². The molecular weight excluding hydrogens is 406 g/mol. The lowest BCUT2D eigenvalue weighted by Crippen LogP contribution is -2.49. The van der Waals surface area contributed by atoms with Crippen molar-refractivity contribution >= 4 is 35.0 Å². The minimum atomic E-state index is -0.688. The first-order valence-electron chi connectivity index (χ1n) is 8.69. The van der Waals surface area contributed by atoms with Gasteiger partial charge in [0.2, 0.25) is 5.91 Å². The van der Waals surface area contributed by atoms with E-state index in [4.69, 9.17) is 27.9 Å². The molecule has 0 fully saturated rings. The maximum Gasteiger partial charge on any atom is 0.261 e. The number of nitrogens with zero attached hydrogens (tertiary/aromatic N) is 1. The summed E-state index contributed by atoms with van der Waals surface area (Å²) < 4.78 is 18.7. The van der Waals surface area contributed by atoms with E-state index in [-0.39, 0.29) is 29.9 Å². The Morgan fingerprint density at radius 2 is 1.86 bits per heavy atom. The second-order valence-corrected chi connectivity index (χ2v) is 6.89. The fraction of sp³-hybridized carbons (Fsp3) is 0.300. The topological polar surface area (TPSA) is 58.6 Å². The predicted molar refractivity (Wildman–Crippen MR) is 107 cm³/mol. The van der Waals surface area contributed by atoms with Crippen molar-refractivity contribution in [3.8, 4) is 5.75 Å². The third-order valence-electron chi connectivity index (χ3n) is 4.14. The summed E-state index contributed by atoms with van der Waals surface area (Å²) in [5.41, 5.74) is 0.696. The Hall–Kier alpha value is -2.31. The third-order valence-corrected chi connectivity index (χ3v) is 4.67. The number of hydrogen-bond acceptors (Lipinski definition) is 3. The van der Waals surface area contributed by atoms with Gasteiger partial charge in [0.15, 0.2) is 6.61 Å². The number of carbonyl (C=O) groups is 2. The number of rotatable bonds is 8. The predicted octanol–water partition coefficient (Wildman–Crippen LogP) is 4.06.